The van der Waals surface area contributed by atoms with E-state index in [1.165, 1.54) is 53.5 Å². The van der Waals surface area contributed by atoms with E-state index in [4.69, 9.17) is 0 Å². The van der Waals surface area contributed by atoms with Crippen molar-refractivity contribution in [1.82, 2.24) is 0 Å². The van der Waals surface area contributed by atoms with Crippen molar-refractivity contribution in [3.8, 4) is 11.8 Å². The first-order chi connectivity index (χ1) is 11.2. The standard InChI is InChI=1S/C22H24Br2/c1-13-11-15(3)21(23)17(5)19(13)9-7-8-10-20-14(2)12-16(4)22(24)18(20)6/h11-12H,9-10H2,1-6H3. The molecule has 0 saturated heterocycles. The maximum atomic E-state index is 3.69. The maximum absolute atomic E-state index is 3.69. The highest BCUT2D eigenvalue weighted by molar-refractivity contribution is 9.10. The van der Waals surface area contributed by atoms with Crippen LogP contribution in [-0.4, -0.2) is 0 Å². The molecule has 0 fully saturated rings. The monoisotopic (exact) mass is 446 g/mol. The highest BCUT2D eigenvalue weighted by Crippen LogP contribution is 2.28. The molecular formula is C22H24Br2. The highest BCUT2D eigenvalue weighted by atomic mass is 79.9. The van der Waals surface area contributed by atoms with Gasteiger partial charge in [-0.15, -0.1) is 0 Å². The molecule has 0 aliphatic heterocycles. The Kier molecular flexibility index (Phi) is 6.34. The van der Waals surface area contributed by atoms with Crippen molar-refractivity contribution in [3.63, 3.8) is 0 Å². The second kappa shape index (κ2) is 7.89. The van der Waals surface area contributed by atoms with Crippen LogP contribution in [0.25, 0.3) is 0 Å². The molecule has 0 unspecified atom stereocenters. The molecule has 0 atom stereocenters. The van der Waals surface area contributed by atoms with Crippen LogP contribution in [0, 0.1) is 53.4 Å². The Balaban J connectivity index is 2.23. The average molecular weight is 448 g/mol. The lowest BCUT2D eigenvalue weighted by Gasteiger charge is -2.12. The van der Waals surface area contributed by atoms with Crippen molar-refractivity contribution in [2.24, 2.45) is 0 Å². The Morgan fingerprint density at radius 3 is 1.29 bits per heavy atom. The van der Waals surface area contributed by atoms with Gasteiger partial charge in [0.1, 0.15) is 0 Å². The summed E-state index contributed by atoms with van der Waals surface area (Å²) in [4.78, 5) is 0. The highest BCUT2D eigenvalue weighted by Gasteiger charge is 2.09. The Labute approximate surface area is 163 Å². The second-order valence-corrected chi connectivity index (χ2v) is 8.15. The molecule has 126 valence electrons. The van der Waals surface area contributed by atoms with Crippen LogP contribution < -0.4 is 0 Å². The topological polar surface area (TPSA) is 0 Å². The molecule has 2 heteroatoms. The predicted octanol–water partition coefficient (Wildman–Crippen LogP) is 6.85. The molecule has 0 heterocycles. The Bertz CT molecular complexity index is 779. The predicted molar refractivity (Wildman–Crippen MR) is 112 cm³/mol. The smallest absolute Gasteiger partial charge is 0.0346 e. The van der Waals surface area contributed by atoms with Gasteiger partial charge in [-0.05, 0) is 86.1 Å². The fraction of sp³-hybridized carbons (Fsp3) is 0.364. The zero-order chi connectivity index (χ0) is 18.0. The van der Waals surface area contributed by atoms with Crippen molar-refractivity contribution >= 4 is 31.9 Å². The molecule has 0 N–H and O–H groups in total. The van der Waals surface area contributed by atoms with Crippen LogP contribution in [0.1, 0.15) is 44.5 Å². The molecule has 2 rings (SSSR count). The number of hydrogen-bond donors (Lipinski definition) is 0. The summed E-state index contributed by atoms with van der Waals surface area (Å²) in [5, 5.41) is 0. The van der Waals surface area contributed by atoms with E-state index in [1.807, 2.05) is 0 Å². The van der Waals surface area contributed by atoms with Gasteiger partial charge in [-0.3, -0.25) is 0 Å². The van der Waals surface area contributed by atoms with Gasteiger partial charge in [-0.1, -0.05) is 55.8 Å². The largest absolute Gasteiger partial charge is 0.0982 e. The minimum atomic E-state index is 0.807. The molecule has 0 aromatic heterocycles. The van der Waals surface area contributed by atoms with Gasteiger partial charge in [-0.25, -0.2) is 0 Å². The first-order valence-electron chi connectivity index (χ1n) is 8.20. The first kappa shape index (κ1) is 19.3. The van der Waals surface area contributed by atoms with Gasteiger partial charge in [0.05, 0.1) is 0 Å². The summed E-state index contributed by atoms with van der Waals surface area (Å²) >= 11 is 7.38. The molecule has 0 aliphatic carbocycles. The Morgan fingerprint density at radius 1 is 0.625 bits per heavy atom. The van der Waals surface area contributed by atoms with Crippen molar-refractivity contribution < 1.29 is 0 Å². The van der Waals surface area contributed by atoms with E-state index in [0.29, 0.717) is 0 Å². The van der Waals surface area contributed by atoms with Gasteiger partial charge in [0.2, 0.25) is 0 Å². The van der Waals surface area contributed by atoms with Crippen LogP contribution in [0.5, 0.6) is 0 Å². The van der Waals surface area contributed by atoms with E-state index < -0.39 is 0 Å². The molecule has 24 heavy (non-hydrogen) atoms. The summed E-state index contributed by atoms with van der Waals surface area (Å²) in [6.45, 7) is 13.0. The summed E-state index contributed by atoms with van der Waals surface area (Å²) in [7, 11) is 0. The van der Waals surface area contributed by atoms with E-state index in [9.17, 15) is 0 Å². The molecule has 0 spiro atoms. The van der Waals surface area contributed by atoms with E-state index >= 15 is 0 Å². The van der Waals surface area contributed by atoms with Gasteiger partial charge in [-0.2, -0.15) is 0 Å². The third-order valence-corrected chi connectivity index (χ3v) is 7.17. The van der Waals surface area contributed by atoms with E-state index in [0.717, 1.165) is 12.8 Å². The number of halogens is 2. The molecule has 0 amide bonds. The molecule has 0 bridgehead atoms. The van der Waals surface area contributed by atoms with Gasteiger partial charge >= 0.3 is 0 Å². The molecular weight excluding hydrogens is 424 g/mol. The second-order valence-electron chi connectivity index (χ2n) is 6.56. The Morgan fingerprint density at radius 2 is 0.958 bits per heavy atom. The van der Waals surface area contributed by atoms with E-state index in [2.05, 4.69) is 97.4 Å². The van der Waals surface area contributed by atoms with Crippen LogP contribution in [0.15, 0.2) is 21.1 Å². The van der Waals surface area contributed by atoms with Crippen LogP contribution in [0.2, 0.25) is 0 Å². The summed E-state index contributed by atoms with van der Waals surface area (Å²) < 4.78 is 2.41. The maximum Gasteiger partial charge on any atom is 0.0346 e. The lowest BCUT2D eigenvalue weighted by molar-refractivity contribution is 1.14. The molecule has 0 saturated carbocycles. The molecule has 0 nitrogen and oxygen atoms in total. The third kappa shape index (κ3) is 3.95. The molecule has 0 radical (unpaired) electrons. The lowest BCUT2D eigenvalue weighted by atomic mass is 9.96. The van der Waals surface area contributed by atoms with Gasteiger partial charge in [0.15, 0.2) is 0 Å². The quantitative estimate of drug-likeness (QED) is 0.441. The van der Waals surface area contributed by atoms with Gasteiger partial charge in [0.25, 0.3) is 0 Å². The lowest BCUT2D eigenvalue weighted by Crippen LogP contribution is -1.97. The van der Waals surface area contributed by atoms with Crippen LogP contribution in [0.4, 0.5) is 0 Å². The van der Waals surface area contributed by atoms with E-state index in [1.54, 1.807) is 0 Å². The summed E-state index contributed by atoms with van der Waals surface area (Å²) in [5.41, 5.74) is 10.5. The van der Waals surface area contributed by atoms with Crippen LogP contribution in [-0.2, 0) is 12.8 Å². The fourth-order valence-electron chi connectivity index (χ4n) is 3.24. The van der Waals surface area contributed by atoms with E-state index in [-0.39, 0.29) is 0 Å². The third-order valence-electron chi connectivity index (χ3n) is 4.73. The molecule has 2 aromatic carbocycles. The number of aryl methyl sites for hydroxylation is 4. The minimum Gasteiger partial charge on any atom is -0.0982 e. The number of hydrogen-bond acceptors (Lipinski definition) is 0. The van der Waals surface area contributed by atoms with Crippen molar-refractivity contribution in [3.05, 3.63) is 65.6 Å². The van der Waals surface area contributed by atoms with Gasteiger partial charge in [0, 0.05) is 21.8 Å². The zero-order valence-electron chi connectivity index (χ0n) is 15.3. The normalized spacial score (nSPS) is 10.5. The zero-order valence-corrected chi connectivity index (χ0v) is 18.5. The van der Waals surface area contributed by atoms with Crippen LogP contribution >= 0.6 is 31.9 Å². The summed E-state index contributed by atoms with van der Waals surface area (Å²) in [5.74, 6) is 6.76. The van der Waals surface area contributed by atoms with Gasteiger partial charge < -0.3 is 0 Å². The number of rotatable bonds is 2. The summed E-state index contributed by atoms with van der Waals surface area (Å²) in [6, 6.07) is 4.47. The minimum absolute atomic E-state index is 0.807. The van der Waals surface area contributed by atoms with Crippen molar-refractivity contribution in [2.45, 2.75) is 54.4 Å². The van der Waals surface area contributed by atoms with Crippen LogP contribution in [0.3, 0.4) is 0 Å². The molecule has 0 aliphatic rings. The Hall–Kier alpha value is -1.04. The molecule has 2 aromatic rings. The van der Waals surface area contributed by atoms with Crippen molar-refractivity contribution in [1.29, 1.82) is 0 Å². The van der Waals surface area contributed by atoms with Crippen molar-refractivity contribution in [2.75, 3.05) is 0 Å². The first-order valence-corrected chi connectivity index (χ1v) is 9.78. The summed E-state index contributed by atoms with van der Waals surface area (Å²) in [6.07, 6.45) is 1.61. The fourth-order valence-corrected chi connectivity index (χ4v) is 3.95. The SMILES string of the molecule is Cc1cc(C)c(CC#CCc2c(C)cc(C)c(Br)c2C)c(C)c1Br. The number of benzene rings is 2. The average Bonchev–Trinajstić information content (AvgIpc) is 2.52.